The molecule has 128 valence electrons. The van der Waals surface area contributed by atoms with E-state index in [1.165, 1.54) is 4.90 Å². The van der Waals surface area contributed by atoms with Crippen LogP contribution in [0.25, 0.3) is 0 Å². The highest BCUT2D eigenvalue weighted by Gasteiger charge is 2.38. The van der Waals surface area contributed by atoms with Crippen molar-refractivity contribution in [1.82, 2.24) is 9.62 Å². The van der Waals surface area contributed by atoms with Gasteiger partial charge in [-0.1, -0.05) is 30.5 Å². The molecule has 7 heteroatoms. The van der Waals surface area contributed by atoms with E-state index < -0.39 is 15.6 Å². The number of hydrogen-bond donors (Lipinski definition) is 2. The third-order valence-corrected chi connectivity index (χ3v) is 5.82. The molecule has 1 fully saturated rings. The maximum Gasteiger partial charge on any atom is 0.242 e. The Morgan fingerprint density at radius 3 is 2.39 bits per heavy atom. The highest BCUT2D eigenvalue weighted by Crippen LogP contribution is 2.28. The number of hydrogen-bond acceptors (Lipinski definition) is 4. The molecule has 0 saturated heterocycles. The van der Waals surface area contributed by atoms with Crippen LogP contribution in [-0.4, -0.2) is 44.9 Å². The smallest absolute Gasteiger partial charge is 0.242 e. The zero-order valence-electron chi connectivity index (χ0n) is 13.7. The highest BCUT2D eigenvalue weighted by atomic mass is 32.2. The van der Waals surface area contributed by atoms with E-state index in [1.54, 1.807) is 31.3 Å². The number of likely N-dealkylation sites (N-methyl/N-ethyl adjacent to an activating group) is 1. The second-order valence-corrected chi connectivity index (χ2v) is 8.07. The predicted molar refractivity (Wildman–Crippen MR) is 89.4 cm³/mol. The summed E-state index contributed by atoms with van der Waals surface area (Å²) in [4.78, 5) is 14.1. The molecule has 1 aliphatic carbocycles. The van der Waals surface area contributed by atoms with Crippen LogP contribution in [0, 0.1) is 6.92 Å². The van der Waals surface area contributed by atoms with E-state index in [-0.39, 0.29) is 17.3 Å². The van der Waals surface area contributed by atoms with Gasteiger partial charge in [-0.25, -0.2) is 13.1 Å². The Morgan fingerprint density at radius 2 is 1.83 bits per heavy atom. The summed E-state index contributed by atoms with van der Waals surface area (Å²) >= 11 is 0. The first-order valence-corrected chi connectivity index (χ1v) is 9.34. The van der Waals surface area contributed by atoms with Gasteiger partial charge in [-0.15, -0.1) is 0 Å². The average Bonchev–Trinajstić information content (AvgIpc) is 2.94. The summed E-state index contributed by atoms with van der Waals surface area (Å²) < 4.78 is 26.9. The fraction of sp³-hybridized carbons (Fsp3) is 0.562. The number of nitrogens with two attached hydrogens (primary N) is 1. The van der Waals surface area contributed by atoms with Crippen LogP contribution in [0.3, 0.4) is 0 Å². The molecule has 1 aliphatic rings. The third kappa shape index (κ3) is 4.31. The normalized spacial score (nSPS) is 17.2. The minimum absolute atomic E-state index is 0.107. The third-order valence-electron chi connectivity index (χ3n) is 4.34. The second kappa shape index (κ2) is 6.98. The average molecular weight is 339 g/mol. The van der Waals surface area contributed by atoms with Gasteiger partial charge in [0.2, 0.25) is 15.9 Å². The van der Waals surface area contributed by atoms with Crippen molar-refractivity contribution in [2.75, 3.05) is 20.1 Å². The first-order chi connectivity index (χ1) is 10.7. The molecule has 0 unspecified atom stereocenters. The standard InChI is InChI=1S/C16H25N3O3S/c1-13-5-7-14(8-6-13)23(21,22)18-11-12-19(2)15(20)16(17)9-3-4-10-16/h5-8,18H,3-4,9-12,17H2,1-2H3. The van der Waals surface area contributed by atoms with Gasteiger partial charge in [0.1, 0.15) is 0 Å². The van der Waals surface area contributed by atoms with E-state index in [1.807, 2.05) is 6.92 Å². The van der Waals surface area contributed by atoms with Gasteiger partial charge in [0.05, 0.1) is 10.4 Å². The maximum absolute atomic E-state index is 12.4. The van der Waals surface area contributed by atoms with Crippen molar-refractivity contribution in [1.29, 1.82) is 0 Å². The van der Waals surface area contributed by atoms with Crippen molar-refractivity contribution >= 4 is 15.9 Å². The molecule has 1 aromatic rings. The summed E-state index contributed by atoms with van der Waals surface area (Å²) in [5.74, 6) is -0.107. The number of carbonyl (C=O) groups excluding carboxylic acids is 1. The lowest BCUT2D eigenvalue weighted by molar-refractivity contribution is -0.135. The Hall–Kier alpha value is -1.44. The predicted octanol–water partition coefficient (Wildman–Crippen LogP) is 1.00. The molecule has 1 aromatic carbocycles. The van der Waals surface area contributed by atoms with Gasteiger partial charge >= 0.3 is 0 Å². The van der Waals surface area contributed by atoms with Crippen LogP contribution in [-0.2, 0) is 14.8 Å². The van der Waals surface area contributed by atoms with Crippen LogP contribution in [0.1, 0.15) is 31.2 Å². The molecule has 1 amide bonds. The van der Waals surface area contributed by atoms with Gasteiger partial charge < -0.3 is 10.6 Å². The summed E-state index contributed by atoms with van der Waals surface area (Å²) in [6, 6.07) is 6.64. The van der Waals surface area contributed by atoms with Crippen LogP contribution in [0.5, 0.6) is 0 Å². The summed E-state index contributed by atoms with van der Waals surface area (Å²) in [7, 11) is -1.89. The number of amides is 1. The molecular formula is C16H25N3O3S. The summed E-state index contributed by atoms with van der Waals surface area (Å²) in [6.07, 6.45) is 3.34. The number of benzene rings is 1. The van der Waals surface area contributed by atoms with Crippen LogP contribution in [0.15, 0.2) is 29.2 Å². The molecule has 0 heterocycles. The van der Waals surface area contributed by atoms with Crippen molar-refractivity contribution in [3.05, 3.63) is 29.8 Å². The lowest BCUT2D eigenvalue weighted by Crippen LogP contribution is -2.53. The van der Waals surface area contributed by atoms with E-state index in [0.29, 0.717) is 19.4 Å². The van der Waals surface area contributed by atoms with Gasteiger partial charge in [-0.2, -0.15) is 0 Å². The van der Waals surface area contributed by atoms with Crippen LogP contribution < -0.4 is 10.5 Å². The Labute approximate surface area is 138 Å². The highest BCUT2D eigenvalue weighted by molar-refractivity contribution is 7.89. The fourth-order valence-electron chi connectivity index (χ4n) is 2.85. The van der Waals surface area contributed by atoms with Crippen molar-refractivity contribution in [3.8, 4) is 0 Å². The molecular weight excluding hydrogens is 314 g/mol. The lowest BCUT2D eigenvalue weighted by Gasteiger charge is -2.28. The van der Waals surface area contributed by atoms with E-state index in [4.69, 9.17) is 5.73 Å². The lowest BCUT2D eigenvalue weighted by atomic mass is 9.97. The van der Waals surface area contributed by atoms with Gasteiger partial charge in [0.15, 0.2) is 0 Å². The monoisotopic (exact) mass is 339 g/mol. The van der Waals surface area contributed by atoms with Crippen LogP contribution in [0.4, 0.5) is 0 Å². The number of nitrogens with one attached hydrogen (secondary N) is 1. The molecule has 6 nitrogen and oxygen atoms in total. The van der Waals surface area contributed by atoms with E-state index in [9.17, 15) is 13.2 Å². The summed E-state index contributed by atoms with van der Waals surface area (Å²) in [5.41, 5.74) is 6.36. The number of sulfonamides is 1. The first kappa shape index (κ1) is 17.9. The van der Waals surface area contributed by atoms with E-state index >= 15 is 0 Å². The molecule has 0 spiro atoms. The number of nitrogens with zero attached hydrogens (tertiary/aromatic N) is 1. The van der Waals surface area contributed by atoms with Gasteiger partial charge in [0.25, 0.3) is 0 Å². The molecule has 0 aromatic heterocycles. The molecule has 0 radical (unpaired) electrons. The van der Waals surface area contributed by atoms with Crippen LogP contribution >= 0.6 is 0 Å². The zero-order valence-corrected chi connectivity index (χ0v) is 14.5. The molecule has 2 rings (SSSR count). The maximum atomic E-state index is 12.4. The fourth-order valence-corrected chi connectivity index (χ4v) is 3.87. The molecule has 1 saturated carbocycles. The summed E-state index contributed by atoms with van der Waals surface area (Å²) in [5, 5.41) is 0. The first-order valence-electron chi connectivity index (χ1n) is 7.85. The van der Waals surface area contributed by atoms with E-state index in [2.05, 4.69) is 4.72 Å². The SMILES string of the molecule is Cc1ccc(S(=O)(=O)NCCN(C)C(=O)C2(N)CCCC2)cc1. The Bertz CT molecular complexity index is 650. The topological polar surface area (TPSA) is 92.5 Å². The molecule has 0 atom stereocenters. The van der Waals surface area contributed by atoms with Crippen molar-refractivity contribution in [2.24, 2.45) is 5.73 Å². The number of aryl methyl sites for hydroxylation is 1. The second-order valence-electron chi connectivity index (χ2n) is 6.30. The van der Waals surface area contributed by atoms with Crippen LogP contribution in [0.2, 0.25) is 0 Å². The quantitative estimate of drug-likeness (QED) is 0.809. The molecule has 0 aliphatic heterocycles. The van der Waals surface area contributed by atoms with Gasteiger partial charge in [-0.05, 0) is 31.9 Å². The molecule has 3 N–H and O–H groups in total. The Balaban J connectivity index is 1.88. The molecule has 23 heavy (non-hydrogen) atoms. The minimum atomic E-state index is -3.55. The summed E-state index contributed by atoms with van der Waals surface area (Å²) in [6.45, 7) is 2.35. The number of carbonyl (C=O) groups is 1. The Kier molecular flexibility index (Phi) is 5.44. The number of rotatable bonds is 6. The van der Waals surface area contributed by atoms with Crippen molar-refractivity contribution < 1.29 is 13.2 Å². The Morgan fingerprint density at radius 1 is 1.26 bits per heavy atom. The largest absolute Gasteiger partial charge is 0.343 e. The zero-order chi connectivity index (χ0) is 17.1. The van der Waals surface area contributed by atoms with Crippen molar-refractivity contribution in [3.63, 3.8) is 0 Å². The minimum Gasteiger partial charge on any atom is -0.343 e. The van der Waals surface area contributed by atoms with Crippen molar-refractivity contribution in [2.45, 2.75) is 43.0 Å². The van der Waals surface area contributed by atoms with E-state index in [0.717, 1.165) is 18.4 Å². The molecule has 0 bridgehead atoms. The van der Waals surface area contributed by atoms with Gasteiger partial charge in [0, 0.05) is 20.1 Å². The van der Waals surface area contributed by atoms with Gasteiger partial charge in [-0.3, -0.25) is 4.79 Å².